The second kappa shape index (κ2) is 5.11. The number of fused-ring (bicyclic) bond motifs is 2. The number of hydrogen-bond donors (Lipinski definition) is 0. The lowest BCUT2D eigenvalue weighted by atomic mass is 9.92. The summed E-state index contributed by atoms with van der Waals surface area (Å²) in [4.78, 5) is 2.76. The number of halogens is 1. The SMILES string of the molecule is BrCC1CC2CCC(C1)N2Cc1ccccc1. The third kappa shape index (κ3) is 2.43. The van der Waals surface area contributed by atoms with Crippen LogP contribution in [0.25, 0.3) is 0 Å². The van der Waals surface area contributed by atoms with Crippen LogP contribution in [0.15, 0.2) is 30.3 Å². The monoisotopic (exact) mass is 293 g/mol. The average Bonchev–Trinajstić information content (AvgIpc) is 2.63. The number of benzene rings is 1. The number of alkyl halides is 1. The van der Waals surface area contributed by atoms with Gasteiger partial charge >= 0.3 is 0 Å². The van der Waals surface area contributed by atoms with Crippen LogP contribution >= 0.6 is 15.9 Å². The summed E-state index contributed by atoms with van der Waals surface area (Å²) in [5.41, 5.74) is 1.47. The Morgan fingerprint density at radius 2 is 1.71 bits per heavy atom. The van der Waals surface area contributed by atoms with Crippen molar-refractivity contribution in [1.82, 2.24) is 4.90 Å². The third-order valence-electron chi connectivity index (χ3n) is 4.41. The molecule has 1 aromatic carbocycles. The minimum atomic E-state index is 0.844. The smallest absolute Gasteiger partial charge is 0.0239 e. The minimum Gasteiger partial charge on any atom is -0.293 e. The minimum absolute atomic E-state index is 0.844. The molecule has 2 atom stereocenters. The number of hydrogen-bond acceptors (Lipinski definition) is 1. The van der Waals surface area contributed by atoms with Crippen LogP contribution in [0.2, 0.25) is 0 Å². The van der Waals surface area contributed by atoms with Gasteiger partial charge in [-0.1, -0.05) is 46.3 Å². The second-order valence-corrected chi connectivity index (χ2v) is 6.18. The highest BCUT2D eigenvalue weighted by atomic mass is 79.9. The highest BCUT2D eigenvalue weighted by molar-refractivity contribution is 9.09. The van der Waals surface area contributed by atoms with Crippen molar-refractivity contribution in [2.75, 3.05) is 5.33 Å². The van der Waals surface area contributed by atoms with E-state index in [0.29, 0.717) is 0 Å². The van der Waals surface area contributed by atoms with Crippen molar-refractivity contribution in [3.05, 3.63) is 35.9 Å². The van der Waals surface area contributed by atoms with Gasteiger partial charge in [0.2, 0.25) is 0 Å². The zero-order valence-electron chi connectivity index (χ0n) is 10.2. The van der Waals surface area contributed by atoms with E-state index in [4.69, 9.17) is 0 Å². The Morgan fingerprint density at radius 1 is 1.06 bits per heavy atom. The van der Waals surface area contributed by atoms with Crippen molar-refractivity contribution in [3.63, 3.8) is 0 Å². The van der Waals surface area contributed by atoms with Gasteiger partial charge in [0.15, 0.2) is 0 Å². The van der Waals surface area contributed by atoms with E-state index in [1.807, 2.05) is 0 Å². The first-order chi connectivity index (χ1) is 8.36. The van der Waals surface area contributed by atoms with Crippen molar-refractivity contribution in [3.8, 4) is 0 Å². The van der Waals surface area contributed by atoms with E-state index in [1.165, 1.54) is 36.6 Å². The van der Waals surface area contributed by atoms with E-state index in [2.05, 4.69) is 51.2 Å². The molecule has 3 rings (SSSR count). The van der Waals surface area contributed by atoms with Crippen LogP contribution in [0.1, 0.15) is 31.2 Å². The number of rotatable bonds is 3. The maximum absolute atomic E-state index is 3.66. The van der Waals surface area contributed by atoms with E-state index < -0.39 is 0 Å². The van der Waals surface area contributed by atoms with Crippen molar-refractivity contribution < 1.29 is 0 Å². The van der Waals surface area contributed by atoms with Gasteiger partial charge < -0.3 is 0 Å². The largest absolute Gasteiger partial charge is 0.293 e. The van der Waals surface area contributed by atoms with Gasteiger partial charge in [-0.05, 0) is 37.2 Å². The zero-order valence-corrected chi connectivity index (χ0v) is 11.8. The summed E-state index contributed by atoms with van der Waals surface area (Å²) >= 11 is 3.66. The lowest BCUT2D eigenvalue weighted by Crippen LogP contribution is -2.42. The van der Waals surface area contributed by atoms with Gasteiger partial charge in [0.1, 0.15) is 0 Å². The molecule has 0 aromatic heterocycles. The molecule has 92 valence electrons. The Hall–Kier alpha value is -0.340. The second-order valence-electron chi connectivity index (χ2n) is 5.53. The van der Waals surface area contributed by atoms with E-state index in [1.54, 1.807) is 0 Å². The molecule has 2 aliphatic heterocycles. The van der Waals surface area contributed by atoms with Gasteiger partial charge in [-0.25, -0.2) is 0 Å². The lowest BCUT2D eigenvalue weighted by Gasteiger charge is -2.38. The Kier molecular flexibility index (Phi) is 3.53. The molecule has 0 spiro atoms. The standard InChI is InChI=1S/C15H20BrN/c16-10-13-8-14-6-7-15(9-13)17(14)11-12-4-2-1-3-5-12/h1-5,13-15H,6-11H2. The fourth-order valence-corrected chi connectivity index (χ4v) is 4.09. The fourth-order valence-electron chi connectivity index (χ4n) is 3.57. The lowest BCUT2D eigenvalue weighted by molar-refractivity contribution is 0.104. The molecule has 1 aromatic rings. The summed E-state index contributed by atoms with van der Waals surface area (Å²) in [5.74, 6) is 0.916. The van der Waals surface area contributed by atoms with Crippen LogP contribution in [0.5, 0.6) is 0 Å². The molecule has 2 bridgehead atoms. The third-order valence-corrected chi connectivity index (χ3v) is 5.32. The van der Waals surface area contributed by atoms with Crippen molar-refractivity contribution in [1.29, 1.82) is 0 Å². The topological polar surface area (TPSA) is 3.24 Å². The van der Waals surface area contributed by atoms with Crippen LogP contribution in [-0.4, -0.2) is 22.3 Å². The van der Waals surface area contributed by atoms with Crippen molar-refractivity contribution in [2.24, 2.45) is 5.92 Å². The fraction of sp³-hybridized carbons (Fsp3) is 0.600. The van der Waals surface area contributed by atoms with Gasteiger partial charge in [0.05, 0.1) is 0 Å². The molecule has 2 unspecified atom stereocenters. The zero-order chi connectivity index (χ0) is 11.7. The molecule has 17 heavy (non-hydrogen) atoms. The summed E-state index contributed by atoms with van der Waals surface area (Å²) in [5, 5.41) is 1.19. The first kappa shape index (κ1) is 11.7. The molecule has 0 aliphatic carbocycles. The molecule has 2 heteroatoms. The number of nitrogens with zero attached hydrogens (tertiary/aromatic N) is 1. The van der Waals surface area contributed by atoms with Gasteiger partial charge in [-0.2, -0.15) is 0 Å². The Morgan fingerprint density at radius 3 is 2.29 bits per heavy atom. The first-order valence-corrected chi connectivity index (χ1v) is 7.84. The quantitative estimate of drug-likeness (QED) is 0.766. The van der Waals surface area contributed by atoms with Gasteiger partial charge in [0, 0.05) is 24.0 Å². The molecule has 0 saturated carbocycles. The van der Waals surface area contributed by atoms with Gasteiger partial charge in [-0.15, -0.1) is 0 Å². The maximum Gasteiger partial charge on any atom is 0.0239 e. The highest BCUT2D eigenvalue weighted by Crippen LogP contribution is 2.39. The molecule has 0 amide bonds. The van der Waals surface area contributed by atoms with Crippen molar-refractivity contribution >= 4 is 15.9 Å². The van der Waals surface area contributed by atoms with E-state index in [0.717, 1.165) is 24.5 Å². The summed E-state index contributed by atoms with van der Waals surface area (Å²) in [7, 11) is 0. The number of piperidine rings is 1. The molecule has 2 fully saturated rings. The van der Waals surface area contributed by atoms with Gasteiger partial charge in [0.25, 0.3) is 0 Å². The Bertz CT molecular complexity index is 350. The summed E-state index contributed by atoms with van der Waals surface area (Å²) in [6.07, 6.45) is 5.63. The molecule has 2 saturated heterocycles. The van der Waals surface area contributed by atoms with Crippen LogP contribution in [0.4, 0.5) is 0 Å². The first-order valence-electron chi connectivity index (χ1n) is 6.72. The average molecular weight is 294 g/mol. The molecule has 2 aliphatic rings. The van der Waals surface area contributed by atoms with E-state index >= 15 is 0 Å². The van der Waals surface area contributed by atoms with Crippen LogP contribution in [0.3, 0.4) is 0 Å². The Labute approximate surface area is 112 Å². The predicted molar refractivity (Wildman–Crippen MR) is 75.3 cm³/mol. The van der Waals surface area contributed by atoms with Crippen LogP contribution < -0.4 is 0 Å². The molecule has 0 N–H and O–H groups in total. The molecule has 1 nitrogen and oxygen atoms in total. The summed E-state index contributed by atoms with van der Waals surface area (Å²) < 4.78 is 0. The van der Waals surface area contributed by atoms with E-state index in [9.17, 15) is 0 Å². The normalized spacial score (nSPS) is 32.9. The molecular formula is C15H20BrN. The van der Waals surface area contributed by atoms with Crippen LogP contribution in [-0.2, 0) is 6.54 Å². The van der Waals surface area contributed by atoms with Gasteiger partial charge in [-0.3, -0.25) is 4.90 Å². The maximum atomic E-state index is 3.66. The highest BCUT2D eigenvalue weighted by Gasteiger charge is 2.39. The van der Waals surface area contributed by atoms with E-state index in [-0.39, 0.29) is 0 Å². The Balaban J connectivity index is 1.69. The predicted octanol–water partition coefficient (Wildman–Crippen LogP) is 3.82. The van der Waals surface area contributed by atoms with Crippen molar-refractivity contribution in [2.45, 2.75) is 44.3 Å². The van der Waals surface area contributed by atoms with Crippen LogP contribution in [0, 0.1) is 5.92 Å². The summed E-state index contributed by atoms with van der Waals surface area (Å²) in [6, 6.07) is 12.6. The molecule has 2 heterocycles. The summed E-state index contributed by atoms with van der Waals surface area (Å²) in [6.45, 7) is 1.16. The molecule has 0 radical (unpaired) electrons. The molecular weight excluding hydrogens is 274 g/mol.